The first-order valence-corrected chi connectivity index (χ1v) is 7.87. The van der Waals surface area contributed by atoms with E-state index in [-0.39, 0.29) is 5.78 Å². The number of carboxylic acid groups (broad SMARTS) is 1. The maximum atomic E-state index is 12.6. The summed E-state index contributed by atoms with van der Waals surface area (Å²) in [5.74, 6) is -0.484. The van der Waals surface area contributed by atoms with Crippen LogP contribution < -0.4 is 4.74 Å². The molecule has 1 atom stereocenters. The van der Waals surface area contributed by atoms with Crippen LogP contribution in [0.5, 0.6) is 5.75 Å². The van der Waals surface area contributed by atoms with Crippen LogP contribution in [0, 0.1) is 0 Å². The molecule has 122 valence electrons. The second kappa shape index (κ2) is 6.71. The summed E-state index contributed by atoms with van der Waals surface area (Å²) >= 11 is 0. The number of hydrogen-bond donors (Lipinski definition) is 1. The zero-order valence-corrected chi connectivity index (χ0v) is 13.4. The molecule has 0 aliphatic heterocycles. The number of fused-ring (bicyclic) bond motifs is 1. The van der Waals surface area contributed by atoms with E-state index in [1.54, 1.807) is 18.2 Å². The predicted octanol–water partition coefficient (Wildman–Crippen LogP) is 3.75. The van der Waals surface area contributed by atoms with Crippen molar-refractivity contribution in [2.75, 3.05) is 0 Å². The molecule has 0 spiro atoms. The van der Waals surface area contributed by atoms with E-state index in [0.717, 1.165) is 28.7 Å². The Balaban J connectivity index is 1.84. The van der Waals surface area contributed by atoms with Crippen molar-refractivity contribution in [2.45, 2.75) is 25.9 Å². The number of carbonyl (C=O) groups is 2. The van der Waals surface area contributed by atoms with Gasteiger partial charge in [0.05, 0.1) is 0 Å². The highest BCUT2D eigenvalue weighted by Gasteiger charge is 2.21. The SMILES string of the molecule is C[C@H](Oc1cccc(/C=C2/CCc3ccccc3C2=O)c1)C(=O)O. The van der Waals surface area contributed by atoms with E-state index in [4.69, 9.17) is 9.84 Å². The number of aliphatic carboxylic acids is 1. The molecule has 0 unspecified atom stereocenters. The third-order valence-electron chi connectivity index (χ3n) is 4.08. The van der Waals surface area contributed by atoms with Gasteiger partial charge in [0.25, 0.3) is 0 Å². The fourth-order valence-corrected chi connectivity index (χ4v) is 2.79. The lowest BCUT2D eigenvalue weighted by Crippen LogP contribution is -2.22. The first-order valence-electron chi connectivity index (χ1n) is 7.87. The molecule has 0 saturated heterocycles. The summed E-state index contributed by atoms with van der Waals surface area (Å²) in [6.07, 6.45) is 2.49. The number of Topliss-reactive ketones (excluding diaryl/α,β-unsaturated/α-hetero) is 1. The van der Waals surface area contributed by atoms with Crippen molar-refractivity contribution in [1.29, 1.82) is 0 Å². The summed E-state index contributed by atoms with van der Waals surface area (Å²) in [7, 11) is 0. The quantitative estimate of drug-likeness (QED) is 0.871. The van der Waals surface area contributed by atoms with Gasteiger partial charge in [-0.2, -0.15) is 0 Å². The molecule has 2 aromatic carbocycles. The van der Waals surface area contributed by atoms with Gasteiger partial charge in [-0.3, -0.25) is 4.79 Å². The molecular formula is C20H18O4. The minimum Gasteiger partial charge on any atom is -0.479 e. The van der Waals surface area contributed by atoms with E-state index in [1.807, 2.05) is 36.4 Å². The highest BCUT2D eigenvalue weighted by Crippen LogP contribution is 2.27. The lowest BCUT2D eigenvalue weighted by atomic mass is 9.86. The van der Waals surface area contributed by atoms with E-state index in [2.05, 4.69) is 0 Å². The monoisotopic (exact) mass is 322 g/mol. The van der Waals surface area contributed by atoms with Gasteiger partial charge < -0.3 is 9.84 Å². The summed E-state index contributed by atoms with van der Waals surface area (Å²) in [6, 6.07) is 14.8. The third kappa shape index (κ3) is 3.38. The molecule has 4 heteroatoms. The smallest absolute Gasteiger partial charge is 0.344 e. The average Bonchev–Trinajstić information content (AvgIpc) is 2.58. The van der Waals surface area contributed by atoms with Gasteiger partial charge in [0.1, 0.15) is 5.75 Å². The van der Waals surface area contributed by atoms with Gasteiger partial charge in [0.2, 0.25) is 0 Å². The van der Waals surface area contributed by atoms with Crippen molar-refractivity contribution in [2.24, 2.45) is 0 Å². The van der Waals surface area contributed by atoms with Crippen LogP contribution in [0.4, 0.5) is 0 Å². The molecule has 3 rings (SSSR count). The lowest BCUT2D eigenvalue weighted by molar-refractivity contribution is -0.144. The van der Waals surface area contributed by atoms with Crippen LogP contribution in [0.15, 0.2) is 54.1 Å². The molecule has 2 aromatic rings. The maximum Gasteiger partial charge on any atom is 0.344 e. The lowest BCUT2D eigenvalue weighted by Gasteiger charge is -2.17. The van der Waals surface area contributed by atoms with Gasteiger partial charge in [-0.15, -0.1) is 0 Å². The standard InChI is InChI=1S/C20H18O4/c1-13(20(22)23)24-17-7-4-5-14(12-17)11-16-10-9-15-6-2-3-8-18(15)19(16)21/h2-8,11-13H,9-10H2,1H3,(H,22,23)/b16-11-/t13-/m0/s1. The van der Waals surface area contributed by atoms with Crippen molar-refractivity contribution in [3.63, 3.8) is 0 Å². The largest absolute Gasteiger partial charge is 0.479 e. The topological polar surface area (TPSA) is 63.6 Å². The Bertz CT molecular complexity index is 820. The Morgan fingerprint density at radius 2 is 1.96 bits per heavy atom. The summed E-state index contributed by atoms with van der Waals surface area (Å²) in [4.78, 5) is 23.5. The first-order chi connectivity index (χ1) is 11.5. The molecule has 1 aliphatic rings. The van der Waals surface area contributed by atoms with Crippen LogP contribution in [0.25, 0.3) is 6.08 Å². The minimum absolute atomic E-state index is 0.0575. The van der Waals surface area contributed by atoms with Crippen molar-refractivity contribution in [3.8, 4) is 5.75 Å². The average molecular weight is 322 g/mol. The van der Waals surface area contributed by atoms with Crippen molar-refractivity contribution in [3.05, 3.63) is 70.8 Å². The van der Waals surface area contributed by atoms with Gasteiger partial charge in [0, 0.05) is 11.1 Å². The molecule has 0 amide bonds. The van der Waals surface area contributed by atoms with E-state index in [1.165, 1.54) is 6.92 Å². The molecule has 0 saturated carbocycles. The molecule has 24 heavy (non-hydrogen) atoms. The van der Waals surface area contributed by atoms with Gasteiger partial charge in [0.15, 0.2) is 11.9 Å². The van der Waals surface area contributed by atoms with Gasteiger partial charge in [-0.1, -0.05) is 36.4 Å². The van der Waals surface area contributed by atoms with Crippen molar-refractivity contribution < 1.29 is 19.4 Å². The summed E-state index contributed by atoms with van der Waals surface area (Å²) in [5, 5.41) is 8.92. The highest BCUT2D eigenvalue weighted by atomic mass is 16.5. The molecule has 0 heterocycles. The number of carboxylic acids is 1. The number of hydrogen-bond acceptors (Lipinski definition) is 3. The number of rotatable bonds is 4. The molecule has 0 aromatic heterocycles. The van der Waals surface area contributed by atoms with E-state index < -0.39 is 12.1 Å². The van der Waals surface area contributed by atoms with Crippen molar-refractivity contribution in [1.82, 2.24) is 0 Å². The molecular weight excluding hydrogens is 304 g/mol. The molecule has 0 fully saturated rings. The minimum atomic E-state index is -1.02. The zero-order chi connectivity index (χ0) is 17.1. The van der Waals surface area contributed by atoms with Crippen LogP contribution in [0.1, 0.15) is 34.8 Å². The van der Waals surface area contributed by atoms with Crippen LogP contribution in [-0.2, 0) is 11.2 Å². The summed E-state index contributed by atoms with van der Waals surface area (Å²) in [5.41, 5.74) is 3.44. The van der Waals surface area contributed by atoms with Crippen LogP contribution >= 0.6 is 0 Å². The molecule has 0 radical (unpaired) electrons. The van der Waals surface area contributed by atoms with Gasteiger partial charge in [-0.05, 0) is 49.1 Å². The van der Waals surface area contributed by atoms with Crippen LogP contribution in [-0.4, -0.2) is 23.0 Å². The molecule has 1 aliphatic carbocycles. The van der Waals surface area contributed by atoms with Gasteiger partial charge >= 0.3 is 5.97 Å². The number of carbonyl (C=O) groups excluding carboxylic acids is 1. The van der Waals surface area contributed by atoms with E-state index in [9.17, 15) is 9.59 Å². The second-order valence-electron chi connectivity index (χ2n) is 5.83. The summed E-state index contributed by atoms with van der Waals surface area (Å²) in [6.45, 7) is 1.48. The zero-order valence-electron chi connectivity index (χ0n) is 13.4. The number of ketones is 1. The van der Waals surface area contributed by atoms with Crippen LogP contribution in [0.3, 0.4) is 0 Å². The first kappa shape index (κ1) is 16.0. The molecule has 1 N–H and O–H groups in total. The highest BCUT2D eigenvalue weighted by molar-refractivity contribution is 6.13. The fraction of sp³-hybridized carbons (Fsp3) is 0.200. The molecule has 0 bridgehead atoms. The number of aryl methyl sites for hydroxylation is 1. The maximum absolute atomic E-state index is 12.6. The Labute approximate surface area is 140 Å². The number of ether oxygens (including phenoxy) is 1. The third-order valence-corrected chi connectivity index (χ3v) is 4.08. The predicted molar refractivity (Wildman–Crippen MR) is 91.2 cm³/mol. The molecule has 4 nitrogen and oxygen atoms in total. The number of benzene rings is 2. The Morgan fingerprint density at radius 1 is 1.17 bits per heavy atom. The van der Waals surface area contributed by atoms with Gasteiger partial charge in [-0.25, -0.2) is 4.79 Å². The second-order valence-corrected chi connectivity index (χ2v) is 5.83. The van der Waals surface area contributed by atoms with E-state index in [0.29, 0.717) is 12.2 Å². The normalized spacial score (nSPS) is 16.5. The van der Waals surface area contributed by atoms with Crippen molar-refractivity contribution >= 4 is 17.8 Å². The summed E-state index contributed by atoms with van der Waals surface area (Å²) < 4.78 is 5.37. The Hall–Kier alpha value is -2.88. The fourth-order valence-electron chi connectivity index (χ4n) is 2.79. The Kier molecular flexibility index (Phi) is 4.47. The Morgan fingerprint density at radius 3 is 2.75 bits per heavy atom. The number of allylic oxidation sites excluding steroid dienone is 1. The van der Waals surface area contributed by atoms with Crippen LogP contribution in [0.2, 0.25) is 0 Å². The van der Waals surface area contributed by atoms with E-state index >= 15 is 0 Å².